The number of aromatic nitrogens is 1. The number of nitro groups is 1. The summed E-state index contributed by atoms with van der Waals surface area (Å²) in [6, 6.07) is 11.4. The molecule has 2 N–H and O–H groups in total. The van der Waals surface area contributed by atoms with Gasteiger partial charge in [-0.15, -0.1) is 0 Å². The Morgan fingerprint density at radius 2 is 1.94 bits per heavy atom. The van der Waals surface area contributed by atoms with Gasteiger partial charge in [0, 0.05) is 17.1 Å². The summed E-state index contributed by atoms with van der Waals surface area (Å²) >= 11 is 6.09. The Kier molecular flexibility index (Phi) is 6.06. The van der Waals surface area contributed by atoms with Crippen molar-refractivity contribution in [3.8, 4) is 0 Å². The van der Waals surface area contributed by atoms with E-state index in [1.165, 1.54) is 35.4 Å². The first-order chi connectivity index (χ1) is 15.8. The number of amides is 2. The lowest BCUT2D eigenvalue weighted by molar-refractivity contribution is -0.389. The molecule has 3 aromatic rings. The van der Waals surface area contributed by atoms with E-state index in [4.69, 9.17) is 17.3 Å². The zero-order valence-corrected chi connectivity index (χ0v) is 18.0. The summed E-state index contributed by atoms with van der Waals surface area (Å²) < 4.78 is 14.5. The lowest BCUT2D eigenvalue weighted by Crippen LogP contribution is -2.35. The zero-order valence-electron chi connectivity index (χ0n) is 17.2. The highest BCUT2D eigenvalue weighted by molar-refractivity contribution is 6.30. The van der Waals surface area contributed by atoms with Crippen LogP contribution in [0.5, 0.6) is 0 Å². The third kappa shape index (κ3) is 4.27. The van der Waals surface area contributed by atoms with E-state index in [0.717, 1.165) is 0 Å². The SMILES string of the molecule is NC(=O)c1ccccc1CN(C(=O)c1cccnc1[N+](=O)[O-])[C@@H]1CCc2c(F)cc(Cl)cc21. The second-order valence-corrected chi connectivity index (χ2v) is 8.03. The van der Waals surface area contributed by atoms with E-state index in [1.54, 1.807) is 24.3 Å². The van der Waals surface area contributed by atoms with Gasteiger partial charge in [0.05, 0.1) is 6.04 Å². The molecule has 0 saturated carbocycles. The molecule has 1 atom stereocenters. The Bertz CT molecular complexity index is 1280. The highest BCUT2D eigenvalue weighted by atomic mass is 35.5. The third-order valence-electron chi connectivity index (χ3n) is 5.67. The Labute approximate surface area is 192 Å². The van der Waals surface area contributed by atoms with Crippen molar-refractivity contribution in [2.45, 2.75) is 25.4 Å². The minimum absolute atomic E-state index is 0.0811. The Balaban J connectivity index is 1.84. The van der Waals surface area contributed by atoms with Gasteiger partial charge in [-0.1, -0.05) is 29.8 Å². The zero-order chi connectivity index (χ0) is 23.7. The molecule has 0 radical (unpaired) electrons. The summed E-state index contributed by atoms with van der Waals surface area (Å²) in [7, 11) is 0. The number of hydrogen-bond acceptors (Lipinski definition) is 5. The average molecular weight is 469 g/mol. The van der Waals surface area contributed by atoms with Crippen LogP contribution in [-0.4, -0.2) is 26.6 Å². The van der Waals surface area contributed by atoms with Crippen molar-refractivity contribution in [2.24, 2.45) is 5.73 Å². The predicted octanol–water partition coefficient (Wildman–Crippen LogP) is 4.21. The molecule has 0 saturated heterocycles. The van der Waals surface area contributed by atoms with E-state index in [-0.39, 0.29) is 22.7 Å². The molecule has 0 spiro atoms. The number of primary amides is 1. The summed E-state index contributed by atoms with van der Waals surface area (Å²) in [5, 5.41) is 11.7. The van der Waals surface area contributed by atoms with E-state index < -0.39 is 34.4 Å². The van der Waals surface area contributed by atoms with E-state index in [0.29, 0.717) is 29.5 Å². The van der Waals surface area contributed by atoms with E-state index in [1.807, 2.05) is 0 Å². The fourth-order valence-electron chi connectivity index (χ4n) is 4.21. The van der Waals surface area contributed by atoms with Crippen LogP contribution in [0.3, 0.4) is 0 Å². The van der Waals surface area contributed by atoms with Gasteiger partial charge >= 0.3 is 5.82 Å². The maximum atomic E-state index is 14.5. The first-order valence-corrected chi connectivity index (χ1v) is 10.4. The largest absolute Gasteiger partial charge is 0.376 e. The third-order valence-corrected chi connectivity index (χ3v) is 5.89. The number of nitrogens with two attached hydrogens (primary N) is 1. The Morgan fingerprint density at radius 3 is 2.67 bits per heavy atom. The van der Waals surface area contributed by atoms with Crippen molar-refractivity contribution >= 4 is 29.2 Å². The summed E-state index contributed by atoms with van der Waals surface area (Å²) in [4.78, 5) is 41.5. The Morgan fingerprint density at radius 1 is 1.21 bits per heavy atom. The van der Waals surface area contributed by atoms with Gasteiger partial charge in [0.15, 0.2) is 0 Å². The second kappa shape index (κ2) is 8.95. The molecule has 0 aliphatic heterocycles. The number of fused-ring (bicyclic) bond motifs is 1. The van der Waals surface area contributed by atoms with Gasteiger partial charge in [-0.05, 0) is 69.8 Å². The average Bonchev–Trinajstić information content (AvgIpc) is 3.21. The van der Waals surface area contributed by atoms with Gasteiger partial charge in [0.2, 0.25) is 5.91 Å². The first-order valence-electron chi connectivity index (χ1n) is 10.0. The van der Waals surface area contributed by atoms with Crippen LogP contribution in [0, 0.1) is 15.9 Å². The van der Waals surface area contributed by atoms with Crippen LogP contribution < -0.4 is 5.73 Å². The highest BCUT2D eigenvalue weighted by Gasteiger charge is 2.36. The summed E-state index contributed by atoms with van der Waals surface area (Å²) in [5.41, 5.74) is 6.92. The van der Waals surface area contributed by atoms with Crippen molar-refractivity contribution in [3.05, 3.63) is 103 Å². The Hall–Kier alpha value is -3.85. The van der Waals surface area contributed by atoms with Crippen LogP contribution in [0.15, 0.2) is 54.7 Å². The molecule has 0 bridgehead atoms. The molecule has 2 amide bonds. The van der Waals surface area contributed by atoms with Gasteiger partial charge in [-0.3, -0.25) is 9.59 Å². The lowest BCUT2D eigenvalue weighted by atomic mass is 10.0. The van der Waals surface area contributed by atoms with Crippen LogP contribution in [0.25, 0.3) is 0 Å². The van der Waals surface area contributed by atoms with Crippen LogP contribution in [0.4, 0.5) is 10.2 Å². The van der Waals surface area contributed by atoms with Gasteiger partial charge in [0.25, 0.3) is 5.91 Å². The topological polar surface area (TPSA) is 119 Å². The molecule has 0 fully saturated rings. The number of hydrogen-bond donors (Lipinski definition) is 1. The van der Waals surface area contributed by atoms with Crippen molar-refractivity contribution in [1.82, 2.24) is 9.88 Å². The van der Waals surface area contributed by atoms with Crippen molar-refractivity contribution < 1.29 is 18.9 Å². The van der Waals surface area contributed by atoms with Crippen molar-refractivity contribution in [1.29, 1.82) is 0 Å². The first kappa shape index (κ1) is 22.3. The molecule has 1 heterocycles. The van der Waals surface area contributed by atoms with Crippen molar-refractivity contribution in [3.63, 3.8) is 0 Å². The standard InChI is InChI=1S/C23H18ClFN4O4/c24-14-10-18-16(19(25)11-14)7-8-20(18)28(12-13-4-1-2-5-15(13)21(26)30)23(31)17-6-3-9-27-22(17)29(32)33/h1-6,9-11,20H,7-8,12H2,(H2,26,30)/t20-/m1/s1. The van der Waals surface area contributed by atoms with Gasteiger partial charge in [-0.2, -0.15) is 0 Å². The fraction of sp³-hybridized carbons (Fsp3) is 0.174. The molecule has 10 heteroatoms. The van der Waals surface area contributed by atoms with E-state index in [9.17, 15) is 24.1 Å². The lowest BCUT2D eigenvalue weighted by Gasteiger charge is -2.30. The smallest absolute Gasteiger partial charge is 0.366 e. The highest BCUT2D eigenvalue weighted by Crippen LogP contribution is 2.40. The molecular weight excluding hydrogens is 451 g/mol. The van der Waals surface area contributed by atoms with Crippen LogP contribution in [-0.2, 0) is 13.0 Å². The van der Waals surface area contributed by atoms with Gasteiger partial charge in [0.1, 0.15) is 17.6 Å². The summed E-state index contributed by atoms with van der Waals surface area (Å²) in [6.45, 7) is -0.0811. The molecule has 4 rings (SSSR count). The number of carbonyl (C=O) groups excluding carboxylic acids is 2. The molecular formula is C23H18ClFN4O4. The minimum Gasteiger partial charge on any atom is -0.366 e. The molecule has 168 valence electrons. The van der Waals surface area contributed by atoms with E-state index >= 15 is 0 Å². The molecule has 1 aliphatic rings. The van der Waals surface area contributed by atoms with Gasteiger partial charge < -0.3 is 20.7 Å². The molecule has 1 aromatic heterocycles. The molecule has 2 aromatic carbocycles. The number of carbonyl (C=O) groups is 2. The second-order valence-electron chi connectivity index (χ2n) is 7.60. The van der Waals surface area contributed by atoms with E-state index in [2.05, 4.69) is 4.98 Å². The van der Waals surface area contributed by atoms with Crippen LogP contribution in [0.1, 0.15) is 49.9 Å². The maximum absolute atomic E-state index is 14.5. The summed E-state index contributed by atoms with van der Waals surface area (Å²) in [5.74, 6) is -2.41. The molecule has 33 heavy (non-hydrogen) atoms. The minimum atomic E-state index is -0.734. The summed E-state index contributed by atoms with van der Waals surface area (Å²) in [6.07, 6.45) is 1.96. The monoisotopic (exact) mass is 468 g/mol. The maximum Gasteiger partial charge on any atom is 0.376 e. The van der Waals surface area contributed by atoms with Crippen molar-refractivity contribution in [2.75, 3.05) is 0 Å². The quantitative estimate of drug-likeness (QED) is 0.429. The predicted molar refractivity (Wildman–Crippen MR) is 118 cm³/mol. The number of benzene rings is 2. The number of rotatable bonds is 6. The molecule has 0 unspecified atom stereocenters. The van der Waals surface area contributed by atoms with Gasteiger partial charge in [-0.25, -0.2) is 4.39 Å². The number of pyridine rings is 1. The fourth-order valence-corrected chi connectivity index (χ4v) is 4.43. The number of nitrogens with zero attached hydrogens (tertiary/aromatic N) is 3. The number of halogens is 2. The van der Waals surface area contributed by atoms with Crippen LogP contribution >= 0.6 is 11.6 Å². The van der Waals surface area contributed by atoms with Crippen LogP contribution in [0.2, 0.25) is 5.02 Å². The molecule has 8 nitrogen and oxygen atoms in total. The molecule has 1 aliphatic carbocycles. The normalized spacial score (nSPS) is 14.5.